The summed E-state index contributed by atoms with van der Waals surface area (Å²) in [6, 6.07) is 14.9. The first-order chi connectivity index (χ1) is 16.1. The normalized spacial score (nSPS) is 13.7. The molecule has 9 heteroatoms. The molecule has 0 unspecified atom stereocenters. The summed E-state index contributed by atoms with van der Waals surface area (Å²) in [4.78, 5) is 26.7. The summed E-state index contributed by atoms with van der Waals surface area (Å²) in [5.41, 5.74) is 8.58. The van der Waals surface area contributed by atoms with E-state index in [1.807, 2.05) is 48.5 Å². The third-order valence-electron chi connectivity index (χ3n) is 5.78. The second-order valence-corrected chi connectivity index (χ2v) is 9.25. The largest absolute Gasteiger partial charge is 0.465 e. The lowest BCUT2D eigenvalue weighted by atomic mass is 9.87. The number of hydrogen-bond donors (Lipinski definition) is 3. The predicted octanol–water partition coefficient (Wildman–Crippen LogP) is 4.28. The summed E-state index contributed by atoms with van der Waals surface area (Å²) in [6.45, 7) is 0. The molecule has 1 aliphatic heterocycles. The number of ether oxygens (including phenoxy) is 2. The zero-order valence-corrected chi connectivity index (χ0v) is 19.4. The third-order valence-corrected chi connectivity index (χ3v) is 7.19. The highest BCUT2D eigenvalue weighted by Gasteiger charge is 2.33. The van der Waals surface area contributed by atoms with E-state index in [4.69, 9.17) is 21.7 Å². The molecular weight excluding hydrogens is 458 g/mol. The van der Waals surface area contributed by atoms with E-state index in [1.165, 1.54) is 23.3 Å². The first-order valence-corrected chi connectivity index (χ1v) is 11.7. The van der Waals surface area contributed by atoms with Crippen LogP contribution in [-0.4, -0.2) is 24.1 Å². The number of para-hydroxylation sites is 2. The van der Waals surface area contributed by atoms with Gasteiger partial charge in [-0.05, 0) is 49.2 Å². The number of thiophene rings is 1. The number of hydrazine groups is 1. The Labute approximate surface area is 200 Å². The van der Waals surface area contributed by atoms with Gasteiger partial charge >= 0.3 is 5.97 Å². The van der Waals surface area contributed by atoms with Gasteiger partial charge in [0.25, 0.3) is 5.91 Å². The van der Waals surface area contributed by atoms with Crippen molar-refractivity contribution in [3.05, 3.63) is 75.7 Å². The second-order valence-electron chi connectivity index (χ2n) is 7.73. The van der Waals surface area contributed by atoms with E-state index in [-0.39, 0.29) is 17.0 Å². The van der Waals surface area contributed by atoms with E-state index in [9.17, 15) is 9.59 Å². The fourth-order valence-corrected chi connectivity index (χ4v) is 5.83. The van der Waals surface area contributed by atoms with Crippen molar-refractivity contribution >= 4 is 45.5 Å². The lowest BCUT2D eigenvalue weighted by Gasteiger charge is -2.27. The molecule has 0 spiro atoms. The lowest BCUT2D eigenvalue weighted by Crippen LogP contribution is -2.46. The van der Waals surface area contributed by atoms with Crippen molar-refractivity contribution in [3.63, 3.8) is 0 Å². The van der Waals surface area contributed by atoms with Gasteiger partial charge in [-0.15, -0.1) is 11.3 Å². The molecule has 0 radical (unpaired) electrons. The van der Waals surface area contributed by atoms with Crippen molar-refractivity contribution in [1.82, 2.24) is 10.9 Å². The molecule has 5 rings (SSSR count). The highest BCUT2D eigenvalue weighted by molar-refractivity contribution is 7.80. The zero-order valence-electron chi connectivity index (χ0n) is 17.8. The van der Waals surface area contributed by atoms with Crippen LogP contribution in [0.4, 0.5) is 5.00 Å². The van der Waals surface area contributed by atoms with Crippen LogP contribution < -0.4 is 20.9 Å². The number of hydrogen-bond acceptors (Lipinski definition) is 6. The molecule has 0 saturated heterocycles. The Morgan fingerprint density at radius 2 is 1.70 bits per heavy atom. The van der Waals surface area contributed by atoms with E-state index in [0.29, 0.717) is 22.1 Å². The smallest absolute Gasteiger partial charge is 0.341 e. The summed E-state index contributed by atoms with van der Waals surface area (Å²) in [7, 11) is 1.37. The Morgan fingerprint density at radius 1 is 1.03 bits per heavy atom. The molecule has 1 amide bonds. The average molecular weight is 480 g/mol. The highest BCUT2D eigenvalue weighted by atomic mass is 32.1. The quantitative estimate of drug-likeness (QED) is 0.294. The molecule has 3 aromatic rings. The van der Waals surface area contributed by atoms with Crippen LogP contribution in [0.1, 0.15) is 44.3 Å². The van der Waals surface area contributed by atoms with E-state index < -0.39 is 5.92 Å². The minimum absolute atomic E-state index is 0.182. The van der Waals surface area contributed by atoms with Crippen LogP contribution in [0, 0.1) is 0 Å². The minimum Gasteiger partial charge on any atom is -0.465 e. The monoisotopic (exact) mass is 479 g/mol. The van der Waals surface area contributed by atoms with Crippen LogP contribution >= 0.6 is 23.6 Å². The number of aryl methyl sites for hydroxylation is 1. The van der Waals surface area contributed by atoms with Crippen LogP contribution in [-0.2, 0) is 22.4 Å². The maximum absolute atomic E-state index is 13.2. The highest BCUT2D eigenvalue weighted by Crippen LogP contribution is 2.44. The number of esters is 1. The molecule has 0 saturated carbocycles. The van der Waals surface area contributed by atoms with Crippen molar-refractivity contribution in [2.75, 3.05) is 12.4 Å². The van der Waals surface area contributed by atoms with Gasteiger partial charge in [-0.25, -0.2) is 4.79 Å². The van der Waals surface area contributed by atoms with E-state index in [0.717, 1.165) is 36.0 Å². The molecule has 2 aromatic carbocycles. The van der Waals surface area contributed by atoms with Gasteiger partial charge in [-0.3, -0.25) is 15.6 Å². The van der Waals surface area contributed by atoms with Gasteiger partial charge < -0.3 is 14.8 Å². The van der Waals surface area contributed by atoms with Crippen LogP contribution in [0.25, 0.3) is 0 Å². The number of carbonyl (C=O) groups excluding carboxylic acids is 2. The molecule has 1 aliphatic carbocycles. The second kappa shape index (κ2) is 8.84. The average Bonchev–Trinajstić information content (AvgIpc) is 3.41. The number of amides is 1. The Hall–Kier alpha value is -3.43. The van der Waals surface area contributed by atoms with Crippen molar-refractivity contribution < 1.29 is 19.1 Å². The summed E-state index contributed by atoms with van der Waals surface area (Å²) in [5.74, 6) is 0.0711. The van der Waals surface area contributed by atoms with Gasteiger partial charge in [0.15, 0.2) is 5.11 Å². The third kappa shape index (κ3) is 3.94. The van der Waals surface area contributed by atoms with Crippen LogP contribution in [0.3, 0.4) is 0 Å². The number of rotatable bonds is 3. The first kappa shape index (κ1) is 21.4. The topological polar surface area (TPSA) is 88.7 Å². The van der Waals surface area contributed by atoms with Crippen LogP contribution in [0.5, 0.6) is 11.5 Å². The zero-order chi connectivity index (χ0) is 22.9. The van der Waals surface area contributed by atoms with Gasteiger partial charge in [0.2, 0.25) is 0 Å². The Kier molecular flexibility index (Phi) is 5.74. The maximum atomic E-state index is 13.2. The molecule has 0 fully saturated rings. The fourth-order valence-electron chi connectivity index (χ4n) is 4.33. The SMILES string of the molecule is COC(=O)c1c(NC(=S)NNC(=O)C2c3ccccc3Oc3ccccc32)sc2c1CCC2. The number of nitrogens with one attached hydrogen (secondary N) is 3. The molecule has 3 N–H and O–H groups in total. The standard InChI is InChI=1S/C24H21N3O4S2/c1-30-23(29)20-15-9-6-12-18(15)33-22(20)25-24(32)27-26-21(28)19-13-7-2-4-10-16(13)31-17-11-5-3-8-14(17)19/h2-5,7-8,10-11,19H,6,9,12H2,1H3,(H,26,28)(H2,25,27,32). The molecule has 0 bridgehead atoms. The molecule has 168 valence electrons. The van der Waals surface area contributed by atoms with Crippen molar-refractivity contribution in [2.24, 2.45) is 0 Å². The van der Waals surface area contributed by atoms with Crippen molar-refractivity contribution in [2.45, 2.75) is 25.2 Å². The van der Waals surface area contributed by atoms with Gasteiger partial charge in [-0.2, -0.15) is 0 Å². The number of benzene rings is 2. The van der Waals surface area contributed by atoms with Gasteiger partial charge in [0, 0.05) is 16.0 Å². The first-order valence-electron chi connectivity index (χ1n) is 10.5. The van der Waals surface area contributed by atoms with E-state index >= 15 is 0 Å². The summed E-state index contributed by atoms with van der Waals surface area (Å²) in [6.07, 6.45) is 2.81. The van der Waals surface area contributed by atoms with Crippen LogP contribution in [0.2, 0.25) is 0 Å². The maximum Gasteiger partial charge on any atom is 0.341 e. The van der Waals surface area contributed by atoms with Gasteiger partial charge in [0.05, 0.1) is 18.6 Å². The van der Waals surface area contributed by atoms with Gasteiger partial charge in [0.1, 0.15) is 16.5 Å². The number of methoxy groups -OCH3 is 1. The molecule has 7 nitrogen and oxygen atoms in total. The van der Waals surface area contributed by atoms with E-state index in [1.54, 1.807) is 0 Å². The molecule has 33 heavy (non-hydrogen) atoms. The Bertz CT molecular complexity index is 1220. The Balaban J connectivity index is 1.32. The van der Waals surface area contributed by atoms with E-state index in [2.05, 4.69) is 16.2 Å². The summed E-state index contributed by atoms with van der Waals surface area (Å²) in [5, 5.41) is 3.86. The molecular formula is C24H21N3O4S2. The molecule has 2 aliphatic rings. The molecule has 0 atom stereocenters. The number of anilines is 1. The predicted molar refractivity (Wildman–Crippen MR) is 130 cm³/mol. The van der Waals surface area contributed by atoms with Gasteiger partial charge in [-0.1, -0.05) is 36.4 Å². The fraction of sp³-hybridized carbons (Fsp3) is 0.208. The van der Waals surface area contributed by atoms with Crippen LogP contribution in [0.15, 0.2) is 48.5 Å². The van der Waals surface area contributed by atoms with Crippen molar-refractivity contribution in [1.29, 1.82) is 0 Å². The van der Waals surface area contributed by atoms with Crippen molar-refractivity contribution in [3.8, 4) is 11.5 Å². The summed E-state index contributed by atoms with van der Waals surface area (Å²) >= 11 is 6.89. The molecule has 2 heterocycles. The minimum atomic E-state index is -0.558. The summed E-state index contributed by atoms with van der Waals surface area (Å²) < 4.78 is 10.9. The number of fused-ring (bicyclic) bond motifs is 3. The lowest BCUT2D eigenvalue weighted by molar-refractivity contribution is -0.122. The number of thiocarbonyl (C=S) groups is 1. The number of carbonyl (C=O) groups is 2. The Morgan fingerprint density at radius 3 is 2.36 bits per heavy atom. The molecule has 1 aromatic heterocycles.